The van der Waals surface area contributed by atoms with Crippen molar-refractivity contribution in [1.29, 1.82) is 0 Å². The van der Waals surface area contributed by atoms with Crippen molar-refractivity contribution >= 4 is 23.0 Å². The van der Waals surface area contributed by atoms with Crippen LogP contribution in [0.1, 0.15) is 23.5 Å². The number of benzene rings is 1. The predicted molar refractivity (Wildman–Crippen MR) is 120 cm³/mol. The zero-order valence-corrected chi connectivity index (χ0v) is 16.8. The van der Waals surface area contributed by atoms with Gasteiger partial charge in [-0.25, -0.2) is 4.98 Å². The third-order valence-corrected chi connectivity index (χ3v) is 5.52. The van der Waals surface area contributed by atoms with Crippen molar-refractivity contribution in [3.8, 4) is 11.6 Å². The molecule has 0 spiro atoms. The minimum Gasteiger partial charge on any atom is -0.508 e. The summed E-state index contributed by atoms with van der Waals surface area (Å²) in [6, 6.07) is 22.6. The molecule has 2 N–H and O–H groups in total. The van der Waals surface area contributed by atoms with Gasteiger partial charge in [0.05, 0.1) is 11.7 Å². The van der Waals surface area contributed by atoms with E-state index in [-0.39, 0.29) is 17.8 Å². The summed E-state index contributed by atoms with van der Waals surface area (Å²) in [4.78, 5) is 11.2. The van der Waals surface area contributed by atoms with E-state index in [1.807, 2.05) is 60.8 Å². The maximum atomic E-state index is 9.75. The summed E-state index contributed by atoms with van der Waals surface area (Å²) < 4.78 is 2.07. The Bertz CT molecular complexity index is 1160. The van der Waals surface area contributed by atoms with Gasteiger partial charge in [0, 0.05) is 30.0 Å². The van der Waals surface area contributed by atoms with E-state index in [1.165, 1.54) is 0 Å². The van der Waals surface area contributed by atoms with Crippen molar-refractivity contribution in [2.45, 2.75) is 12.1 Å². The van der Waals surface area contributed by atoms with Gasteiger partial charge in [-0.2, -0.15) is 0 Å². The van der Waals surface area contributed by atoms with Crippen LogP contribution >= 0.6 is 12.2 Å². The lowest BCUT2D eigenvalue weighted by atomic mass is 10.0. The molecule has 1 aromatic carbocycles. The third-order valence-electron chi connectivity index (χ3n) is 5.21. The Morgan fingerprint density at radius 1 is 0.867 bits per heavy atom. The molecule has 0 amide bonds. The van der Waals surface area contributed by atoms with E-state index in [0.717, 1.165) is 22.9 Å². The SMILES string of the molecule is Oc1ccc(N2C(=S)NC(c3ccccn3)C2c2cccn2-c2ccccn2)cc1. The third kappa shape index (κ3) is 3.19. The van der Waals surface area contributed by atoms with Gasteiger partial charge in [-0.3, -0.25) is 4.98 Å². The van der Waals surface area contributed by atoms with Crippen LogP contribution < -0.4 is 10.2 Å². The van der Waals surface area contributed by atoms with E-state index in [1.54, 1.807) is 24.5 Å². The second-order valence-electron chi connectivity index (χ2n) is 7.00. The molecule has 2 atom stereocenters. The van der Waals surface area contributed by atoms with Gasteiger partial charge >= 0.3 is 0 Å². The molecule has 4 heterocycles. The van der Waals surface area contributed by atoms with Crippen LogP contribution in [-0.2, 0) is 0 Å². The van der Waals surface area contributed by atoms with E-state index in [9.17, 15) is 5.11 Å². The van der Waals surface area contributed by atoms with E-state index in [0.29, 0.717) is 5.11 Å². The van der Waals surface area contributed by atoms with E-state index in [2.05, 4.69) is 30.8 Å². The number of nitrogens with one attached hydrogen (secondary N) is 1. The number of thiocarbonyl (C=S) groups is 1. The number of pyridine rings is 2. The fraction of sp³-hybridized carbons (Fsp3) is 0.0870. The molecule has 2 unspecified atom stereocenters. The van der Waals surface area contributed by atoms with E-state index < -0.39 is 0 Å². The number of anilines is 1. The standard InChI is InChI=1S/C23H19N5OS/c29-17-11-9-16(10-12-17)28-22(21(26-23(28)30)18-6-1-3-13-24-18)19-7-5-15-27(19)20-8-2-4-14-25-20/h1-15,21-22,29H,(H,26,30). The molecule has 7 heteroatoms. The number of hydrogen-bond acceptors (Lipinski definition) is 4. The van der Waals surface area contributed by atoms with Gasteiger partial charge in [-0.05, 0) is 72.9 Å². The van der Waals surface area contributed by atoms with E-state index >= 15 is 0 Å². The minimum atomic E-state index is -0.158. The van der Waals surface area contributed by atoms with Gasteiger partial charge in [0.2, 0.25) is 0 Å². The monoisotopic (exact) mass is 413 g/mol. The number of nitrogens with zero attached hydrogens (tertiary/aromatic N) is 4. The smallest absolute Gasteiger partial charge is 0.174 e. The summed E-state index contributed by atoms with van der Waals surface area (Å²) in [6.45, 7) is 0. The normalized spacial score (nSPS) is 18.4. The largest absolute Gasteiger partial charge is 0.508 e. The molecule has 0 radical (unpaired) electrons. The second-order valence-corrected chi connectivity index (χ2v) is 7.39. The molecular formula is C23H19N5OS. The number of rotatable bonds is 4. The Labute approximate surface area is 179 Å². The van der Waals surface area contributed by atoms with Crippen molar-refractivity contribution in [2.75, 3.05) is 4.90 Å². The molecule has 0 aliphatic carbocycles. The van der Waals surface area contributed by atoms with Crippen LogP contribution in [0, 0.1) is 0 Å². The molecular weight excluding hydrogens is 394 g/mol. The molecule has 1 aliphatic heterocycles. The highest BCUT2D eigenvalue weighted by atomic mass is 32.1. The first-order valence-corrected chi connectivity index (χ1v) is 10.0. The Kier molecular flexibility index (Phi) is 4.65. The fourth-order valence-electron chi connectivity index (χ4n) is 3.89. The molecule has 1 fully saturated rings. The van der Waals surface area contributed by atoms with Gasteiger partial charge in [-0.1, -0.05) is 12.1 Å². The lowest BCUT2D eigenvalue weighted by Gasteiger charge is -2.28. The Morgan fingerprint density at radius 2 is 1.63 bits per heavy atom. The topological polar surface area (TPSA) is 66.2 Å². The number of phenolic OH excluding ortho intramolecular Hbond substituents is 1. The zero-order valence-electron chi connectivity index (χ0n) is 16.0. The zero-order chi connectivity index (χ0) is 20.5. The molecule has 5 rings (SSSR count). The van der Waals surface area contributed by atoms with Crippen molar-refractivity contribution in [3.63, 3.8) is 0 Å². The average Bonchev–Trinajstić information content (AvgIpc) is 3.40. The highest BCUT2D eigenvalue weighted by Gasteiger charge is 2.42. The minimum absolute atomic E-state index is 0.148. The van der Waals surface area contributed by atoms with Crippen LogP contribution in [0.3, 0.4) is 0 Å². The van der Waals surface area contributed by atoms with Crippen LogP contribution in [0.25, 0.3) is 5.82 Å². The van der Waals surface area contributed by atoms with Gasteiger partial charge in [0.25, 0.3) is 0 Å². The van der Waals surface area contributed by atoms with E-state index in [4.69, 9.17) is 12.2 Å². The summed E-state index contributed by atoms with van der Waals surface area (Å²) >= 11 is 5.74. The number of hydrogen-bond donors (Lipinski definition) is 2. The molecule has 1 saturated heterocycles. The van der Waals surface area contributed by atoms with Crippen molar-refractivity contribution in [3.05, 3.63) is 103 Å². The molecule has 0 saturated carbocycles. The summed E-state index contributed by atoms with van der Waals surface area (Å²) in [7, 11) is 0. The lowest BCUT2D eigenvalue weighted by Crippen LogP contribution is -2.30. The van der Waals surface area contributed by atoms with Crippen molar-refractivity contribution in [2.24, 2.45) is 0 Å². The second kappa shape index (κ2) is 7.61. The Balaban J connectivity index is 1.67. The lowest BCUT2D eigenvalue weighted by molar-refractivity contribution is 0.475. The quantitative estimate of drug-likeness (QED) is 0.490. The summed E-state index contributed by atoms with van der Waals surface area (Å²) in [6.07, 6.45) is 5.58. The Hall–Kier alpha value is -3.71. The van der Waals surface area contributed by atoms with Crippen LogP contribution in [0.15, 0.2) is 91.4 Å². The van der Waals surface area contributed by atoms with Gasteiger partial charge in [-0.15, -0.1) is 0 Å². The number of aromatic nitrogens is 3. The highest BCUT2D eigenvalue weighted by molar-refractivity contribution is 7.80. The molecule has 148 valence electrons. The molecule has 1 aliphatic rings. The Morgan fingerprint density at radius 3 is 2.33 bits per heavy atom. The number of aromatic hydroxyl groups is 1. The first-order valence-electron chi connectivity index (χ1n) is 9.61. The summed E-state index contributed by atoms with van der Waals surface area (Å²) in [5, 5.41) is 13.8. The summed E-state index contributed by atoms with van der Waals surface area (Å²) in [5.74, 6) is 1.05. The average molecular weight is 414 g/mol. The first kappa shape index (κ1) is 18.3. The molecule has 3 aromatic heterocycles. The van der Waals surface area contributed by atoms with Crippen molar-refractivity contribution in [1.82, 2.24) is 19.9 Å². The number of phenols is 1. The summed E-state index contributed by atoms with van der Waals surface area (Å²) in [5.41, 5.74) is 2.83. The molecule has 4 aromatic rings. The molecule has 0 bridgehead atoms. The van der Waals surface area contributed by atoms with Crippen LogP contribution in [0.4, 0.5) is 5.69 Å². The van der Waals surface area contributed by atoms with Crippen LogP contribution in [0.5, 0.6) is 5.75 Å². The first-order chi connectivity index (χ1) is 14.7. The maximum Gasteiger partial charge on any atom is 0.174 e. The van der Waals surface area contributed by atoms with Crippen molar-refractivity contribution < 1.29 is 5.11 Å². The highest BCUT2D eigenvalue weighted by Crippen LogP contribution is 2.42. The molecule has 6 nitrogen and oxygen atoms in total. The predicted octanol–water partition coefficient (Wildman–Crippen LogP) is 4.15. The van der Waals surface area contributed by atoms with Gasteiger partial charge < -0.3 is 19.9 Å². The fourth-order valence-corrected chi connectivity index (χ4v) is 4.23. The molecule has 30 heavy (non-hydrogen) atoms. The van der Waals surface area contributed by atoms with Crippen LogP contribution in [0.2, 0.25) is 0 Å². The van der Waals surface area contributed by atoms with Crippen LogP contribution in [-0.4, -0.2) is 24.8 Å². The van der Waals surface area contributed by atoms with Gasteiger partial charge in [0.15, 0.2) is 5.11 Å². The van der Waals surface area contributed by atoms with Gasteiger partial charge in [0.1, 0.15) is 17.6 Å². The maximum absolute atomic E-state index is 9.75.